The number of amides is 1. The lowest BCUT2D eigenvalue weighted by Crippen LogP contribution is -2.40. The second-order valence-corrected chi connectivity index (χ2v) is 9.97. The number of hydrazine groups is 1. The third-order valence-electron chi connectivity index (χ3n) is 2.91. The van der Waals surface area contributed by atoms with Gasteiger partial charge in [-0.3, -0.25) is 15.6 Å². The highest BCUT2D eigenvalue weighted by molar-refractivity contribution is 7.91. The minimum Gasteiger partial charge on any atom is -0.296 e. The lowest BCUT2D eigenvalue weighted by atomic mass is 10.3. The van der Waals surface area contributed by atoms with E-state index in [4.69, 9.17) is 46.4 Å². The molecule has 0 aliphatic heterocycles. The third kappa shape index (κ3) is 5.13. The summed E-state index contributed by atoms with van der Waals surface area (Å²) in [6.07, 6.45) is 0. The summed E-state index contributed by atoms with van der Waals surface area (Å²) in [7, 11) is -2.53. The summed E-state index contributed by atoms with van der Waals surface area (Å²) < 4.78 is 25.9. The molecule has 1 heterocycles. The molecule has 2 N–H and O–H groups in total. The molecule has 0 radical (unpaired) electrons. The van der Waals surface area contributed by atoms with Crippen molar-refractivity contribution in [3.8, 4) is 0 Å². The molecule has 0 aliphatic carbocycles. The first-order valence-electron chi connectivity index (χ1n) is 6.52. The third-order valence-corrected chi connectivity index (χ3v) is 7.23. The van der Waals surface area contributed by atoms with Crippen LogP contribution < -0.4 is 10.9 Å². The van der Waals surface area contributed by atoms with Gasteiger partial charge in [0.15, 0.2) is 0 Å². The minimum absolute atomic E-state index is 0.0459. The quantitative estimate of drug-likeness (QED) is 0.632. The largest absolute Gasteiger partial charge is 0.296 e. The minimum atomic E-state index is -3.81. The first-order valence-corrected chi connectivity index (χ1v) is 10.3. The maximum atomic E-state index is 12.3. The Morgan fingerprint density at radius 1 is 1.16 bits per heavy atom. The number of hydrogen-bond donors (Lipinski definition) is 2. The summed E-state index contributed by atoms with van der Waals surface area (Å²) in [5.41, 5.74) is 5.12. The second kappa shape index (κ2) is 8.30. The summed E-state index contributed by atoms with van der Waals surface area (Å²) in [6.45, 7) is -0.423. The molecule has 0 unspecified atom stereocenters. The predicted molar refractivity (Wildman–Crippen MR) is 102 cm³/mol. The van der Waals surface area contributed by atoms with Crippen LogP contribution in [0, 0.1) is 0 Å². The maximum Gasteiger partial charge on any atom is 0.253 e. The number of nitrogens with zero attached hydrogens (tertiary/aromatic N) is 1. The lowest BCUT2D eigenvalue weighted by Gasteiger charge is -2.17. The summed E-state index contributed by atoms with van der Waals surface area (Å²) in [5.74, 6) is -0.615. The zero-order chi connectivity index (χ0) is 18.8. The molecule has 2 rings (SSSR count). The van der Waals surface area contributed by atoms with Crippen molar-refractivity contribution < 1.29 is 13.2 Å². The fraction of sp³-hybridized carbons (Fsp3) is 0.154. The zero-order valence-electron chi connectivity index (χ0n) is 12.5. The van der Waals surface area contributed by atoms with Gasteiger partial charge < -0.3 is 0 Å². The SMILES string of the molecule is CN(CC(=O)NNc1c(Cl)cc(Cl)cc1Cl)S(=O)(=O)c1ccc(Cl)s1. The molecule has 0 atom stereocenters. The first kappa shape index (κ1) is 20.6. The van der Waals surface area contributed by atoms with Crippen molar-refractivity contribution in [3.63, 3.8) is 0 Å². The molecule has 0 fully saturated rings. The average Bonchev–Trinajstić information content (AvgIpc) is 2.93. The van der Waals surface area contributed by atoms with Gasteiger partial charge in [-0.05, 0) is 24.3 Å². The number of halogens is 4. The number of carbonyl (C=O) groups excluding carboxylic acids is 1. The van der Waals surface area contributed by atoms with Gasteiger partial charge in [0, 0.05) is 12.1 Å². The number of anilines is 1. The highest BCUT2D eigenvalue weighted by Crippen LogP contribution is 2.33. The van der Waals surface area contributed by atoms with Gasteiger partial charge in [0.2, 0.25) is 0 Å². The molecular weight excluding hydrogens is 452 g/mol. The lowest BCUT2D eigenvalue weighted by molar-refractivity contribution is -0.120. The van der Waals surface area contributed by atoms with Gasteiger partial charge in [-0.1, -0.05) is 46.4 Å². The Morgan fingerprint density at radius 2 is 1.76 bits per heavy atom. The standard InChI is InChI=1S/C13H11Cl4N3O3S2/c1-20(25(22,23)12-3-2-10(17)24-12)6-11(21)18-19-13-8(15)4-7(14)5-9(13)16/h2-5,19H,6H2,1H3,(H,18,21). The van der Waals surface area contributed by atoms with E-state index >= 15 is 0 Å². The van der Waals surface area contributed by atoms with Gasteiger partial charge in [0.05, 0.1) is 26.6 Å². The Bertz CT molecular complexity index is 879. The molecule has 1 amide bonds. The Morgan fingerprint density at radius 3 is 2.28 bits per heavy atom. The number of hydrogen-bond acceptors (Lipinski definition) is 5. The molecule has 0 bridgehead atoms. The monoisotopic (exact) mass is 461 g/mol. The zero-order valence-corrected chi connectivity index (χ0v) is 17.2. The van der Waals surface area contributed by atoms with Crippen LogP contribution in [0.5, 0.6) is 0 Å². The number of likely N-dealkylation sites (N-methyl/N-ethyl adjacent to an activating group) is 1. The predicted octanol–water partition coefficient (Wildman–Crippen LogP) is 4.13. The van der Waals surface area contributed by atoms with E-state index in [1.807, 2.05) is 0 Å². The molecule has 0 aliphatic rings. The molecule has 136 valence electrons. The number of carbonyl (C=O) groups is 1. The normalized spacial score (nSPS) is 11.6. The van der Waals surface area contributed by atoms with Crippen molar-refractivity contribution in [1.82, 2.24) is 9.73 Å². The van der Waals surface area contributed by atoms with E-state index in [1.54, 1.807) is 0 Å². The maximum absolute atomic E-state index is 12.3. The molecule has 6 nitrogen and oxygen atoms in total. The molecule has 12 heteroatoms. The van der Waals surface area contributed by atoms with Crippen LogP contribution in [0.1, 0.15) is 0 Å². The van der Waals surface area contributed by atoms with E-state index in [0.29, 0.717) is 9.36 Å². The molecule has 1 aromatic heterocycles. The van der Waals surface area contributed by atoms with Crippen molar-refractivity contribution in [2.75, 3.05) is 19.0 Å². The van der Waals surface area contributed by atoms with Gasteiger partial charge in [-0.25, -0.2) is 8.42 Å². The van der Waals surface area contributed by atoms with Crippen LogP contribution >= 0.6 is 57.7 Å². The van der Waals surface area contributed by atoms with Crippen LogP contribution in [0.3, 0.4) is 0 Å². The van der Waals surface area contributed by atoms with Crippen LogP contribution in [0.25, 0.3) is 0 Å². The van der Waals surface area contributed by atoms with Crippen LogP contribution in [0.2, 0.25) is 19.4 Å². The molecule has 25 heavy (non-hydrogen) atoms. The molecule has 2 aromatic rings. The molecule has 0 spiro atoms. The molecular formula is C13H11Cl4N3O3S2. The number of sulfonamides is 1. The number of rotatable bonds is 6. The summed E-state index contributed by atoms with van der Waals surface area (Å²) >= 11 is 24.4. The summed E-state index contributed by atoms with van der Waals surface area (Å²) in [4.78, 5) is 12.0. The van der Waals surface area contributed by atoms with Gasteiger partial charge in [-0.2, -0.15) is 4.31 Å². The second-order valence-electron chi connectivity index (χ2n) is 4.74. The van der Waals surface area contributed by atoms with Crippen LogP contribution in [-0.2, 0) is 14.8 Å². The van der Waals surface area contributed by atoms with Gasteiger partial charge in [-0.15, -0.1) is 11.3 Å². The number of thiophene rings is 1. The van der Waals surface area contributed by atoms with Crippen LogP contribution in [0.15, 0.2) is 28.5 Å². The fourth-order valence-electron chi connectivity index (χ4n) is 1.71. The first-order chi connectivity index (χ1) is 11.6. The highest BCUT2D eigenvalue weighted by atomic mass is 35.5. The highest BCUT2D eigenvalue weighted by Gasteiger charge is 2.24. The van der Waals surface area contributed by atoms with E-state index in [-0.39, 0.29) is 19.9 Å². The Labute approximate surface area is 168 Å². The van der Waals surface area contributed by atoms with Crippen molar-refractivity contribution in [2.24, 2.45) is 0 Å². The van der Waals surface area contributed by atoms with Crippen molar-refractivity contribution in [1.29, 1.82) is 0 Å². The average molecular weight is 463 g/mol. The molecule has 1 aromatic carbocycles. The van der Waals surface area contributed by atoms with E-state index in [0.717, 1.165) is 15.6 Å². The van der Waals surface area contributed by atoms with Gasteiger partial charge in [0.1, 0.15) is 4.21 Å². The van der Waals surface area contributed by atoms with Crippen LogP contribution in [-0.4, -0.2) is 32.2 Å². The van der Waals surface area contributed by atoms with Gasteiger partial charge >= 0.3 is 0 Å². The number of nitrogens with one attached hydrogen (secondary N) is 2. The smallest absolute Gasteiger partial charge is 0.253 e. The Balaban J connectivity index is 2.01. The number of benzene rings is 1. The van der Waals surface area contributed by atoms with Crippen molar-refractivity contribution >= 4 is 79.4 Å². The van der Waals surface area contributed by atoms with Gasteiger partial charge in [0.25, 0.3) is 15.9 Å². The topological polar surface area (TPSA) is 78.5 Å². The Hall–Kier alpha value is -0.740. The van der Waals surface area contributed by atoms with E-state index in [1.165, 1.54) is 31.3 Å². The van der Waals surface area contributed by atoms with Crippen LogP contribution in [0.4, 0.5) is 5.69 Å². The molecule has 0 saturated heterocycles. The Kier molecular flexibility index (Phi) is 6.83. The van der Waals surface area contributed by atoms with Crippen molar-refractivity contribution in [3.05, 3.63) is 43.7 Å². The summed E-state index contributed by atoms with van der Waals surface area (Å²) in [5, 5.41) is 0.742. The fourth-order valence-corrected chi connectivity index (χ4v) is 5.44. The van der Waals surface area contributed by atoms with E-state index in [9.17, 15) is 13.2 Å². The van der Waals surface area contributed by atoms with E-state index < -0.39 is 22.5 Å². The summed E-state index contributed by atoms with van der Waals surface area (Å²) in [6, 6.07) is 5.74. The van der Waals surface area contributed by atoms with E-state index in [2.05, 4.69) is 10.9 Å². The molecule has 0 saturated carbocycles. The van der Waals surface area contributed by atoms with Crippen molar-refractivity contribution in [2.45, 2.75) is 4.21 Å².